The van der Waals surface area contributed by atoms with Crippen molar-refractivity contribution in [1.82, 2.24) is 0 Å². The molecule has 0 unspecified atom stereocenters. The van der Waals surface area contributed by atoms with E-state index < -0.39 is 11.7 Å². The predicted octanol–water partition coefficient (Wildman–Crippen LogP) is 2.53. The lowest BCUT2D eigenvalue weighted by atomic mass is 10.1. The van der Waals surface area contributed by atoms with Crippen LogP contribution in [-0.2, 0) is 0 Å². The number of nitrogen functional groups attached to an aromatic ring is 1. The van der Waals surface area contributed by atoms with Crippen LogP contribution >= 0.6 is 0 Å². The van der Waals surface area contributed by atoms with Gasteiger partial charge in [-0.15, -0.1) is 0 Å². The van der Waals surface area contributed by atoms with Gasteiger partial charge in [0.1, 0.15) is 11.9 Å². The zero-order valence-corrected chi connectivity index (χ0v) is 9.85. The molecular formula is C14H10FN3O. The van der Waals surface area contributed by atoms with Crippen molar-refractivity contribution in [2.24, 2.45) is 0 Å². The van der Waals surface area contributed by atoms with Gasteiger partial charge in [-0.1, -0.05) is 12.1 Å². The zero-order valence-electron chi connectivity index (χ0n) is 9.85. The zero-order chi connectivity index (χ0) is 13.8. The molecule has 94 valence electrons. The van der Waals surface area contributed by atoms with E-state index in [9.17, 15) is 9.18 Å². The standard InChI is InChI=1S/C14H10FN3O/c15-12-7-10(17)5-6-11(12)14(19)18-13-4-2-1-3-9(13)8-16/h1-7H,17H2,(H,18,19). The third-order valence-corrected chi connectivity index (χ3v) is 2.53. The van der Waals surface area contributed by atoms with Crippen LogP contribution in [0.3, 0.4) is 0 Å². The van der Waals surface area contributed by atoms with Gasteiger partial charge in [0.05, 0.1) is 16.8 Å². The molecule has 0 bridgehead atoms. The number of rotatable bonds is 2. The van der Waals surface area contributed by atoms with Gasteiger partial charge < -0.3 is 11.1 Å². The van der Waals surface area contributed by atoms with Gasteiger partial charge in [0, 0.05) is 5.69 Å². The second-order valence-electron chi connectivity index (χ2n) is 3.85. The molecule has 19 heavy (non-hydrogen) atoms. The van der Waals surface area contributed by atoms with E-state index >= 15 is 0 Å². The van der Waals surface area contributed by atoms with Crippen LogP contribution < -0.4 is 11.1 Å². The first kappa shape index (κ1) is 12.6. The van der Waals surface area contributed by atoms with Crippen LogP contribution in [-0.4, -0.2) is 5.91 Å². The maximum Gasteiger partial charge on any atom is 0.258 e. The second kappa shape index (κ2) is 5.19. The number of nitrogens with two attached hydrogens (primary N) is 1. The molecule has 4 nitrogen and oxygen atoms in total. The molecule has 2 aromatic carbocycles. The summed E-state index contributed by atoms with van der Waals surface area (Å²) in [5.74, 6) is -1.33. The third kappa shape index (κ3) is 2.69. The molecule has 0 saturated heterocycles. The molecule has 0 atom stereocenters. The normalized spacial score (nSPS) is 9.68. The number of hydrogen-bond donors (Lipinski definition) is 2. The lowest BCUT2D eigenvalue weighted by Crippen LogP contribution is -2.14. The van der Waals surface area contributed by atoms with Crippen LogP contribution in [0.25, 0.3) is 0 Å². The second-order valence-corrected chi connectivity index (χ2v) is 3.85. The number of amides is 1. The minimum atomic E-state index is -0.702. The molecular weight excluding hydrogens is 245 g/mol. The summed E-state index contributed by atoms with van der Waals surface area (Å²) in [6.07, 6.45) is 0. The SMILES string of the molecule is N#Cc1ccccc1NC(=O)c1ccc(N)cc1F. The molecule has 0 aromatic heterocycles. The lowest BCUT2D eigenvalue weighted by Gasteiger charge is -2.07. The molecule has 0 aliphatic carbocycles. The summed E-state index contributed by atoms with van der Waals surface area (Å²) in [6.45, 7) is 0. The molecule has 3 N–H and O–H groups in total. The molecule has 0 spiro atoms. The van der Waals surface area contributed by atoms with Gasteiger partial charge in [-0.25, -0.2) is 4.39 Å². The summed E-state index contributed by atoms with van der Waals surface area (Å²) in [4.78, 5) is 11.9. The van der Waals surface area contributed by atoms with Crippen LogP contribution in [0.2, 0.25) is 0 Å². The number of nitriles is 1. The topological polar surface area (TPSA) is 78.9 Å². The van der Waals surface area contributed by atoms with Crippen LogP contribution in [0.4, 0.5) is 15.8 Å². The highest BCUT2D eigenvalue weighted by Crippen LogP contribution is 2.17. The smallest absolute Gasteiger partial charge is 0.258 e. The fraction of sp³-hybridized carbons (Fsp3) is 0. The van der Waals surface area contributed by atoms with Crippen LogP contribution in [0.5, 0.6) is 0 Å². The number of nitrogens with one attached hydrogen (secondary N) is 1. The fourth-order valence-electron chi connectivity index (χ4n) is 1.59. The van der Waals surface area contributed by atoms with Gasteiger partial charge in [-0.05, 0) is 30.3 Å². The van der Waals surface area contributed by atoms with Gasteiger partial charge in [0.25, 0.3) is 5.91 Å². The van der Waals surface area contributed by atoms with Crippen molar-refractivity contribution in [3.05, 3.63) is 59.4 Å². The first-order valence-corrected chi connectivity index (χ1v) is 5.47. The van der Waals surface area contributed by atoms with Crippen molar-refractivity contribution >= 4 is 17.3 Å². The van der Waals surface area contributed by atoms with Crippen molar-refractivity contribution in [2.45, 2.75) is 0 Å². The Labute approximate surface area is 109 Å². The largest absolute Gasteiger partial charge is 0.399 e. The van der Waals surface area contributed by atoms with Crippen LogP contribution in [0, 0.1) is 17.1 Å². The van der Waals surface area contributed by atoms with Crippen LogP contribution in [0.1, 0.15) is 15.9 Å². The summed E-state index contributed by atoms with van der Waals surface area (Å²) in [7, 11) is 0. The minimum absolute atomic E-state index is 0.123. The number of halogens is 1. The third-order valence-electron chi connectivity index (χ3n) is 2.53. The molecule has 0 heterocycles. The molecule has 0 aliphatic rings. The molecule has 0 saturated carbocycles. The van der Waals surface area contributed by atoms with Crippen molar-refractivity contribution in [3.8, 4) is 6.07 Å². The van der Waals surface area contributed by atoms with Gasteiger partial charge in [-0.2, -0.15) is 5.26 Å². The molecule has 2 aromatic rings. The number of anilines is 2. The molecule has 2 rings (SSSR count). The molecule has 5 heteroatoms. The molecule has 0 aliphatic heterocycles. The van der Waals surface area contributed by atoms with Crippen molar-refractivity contribution in [1.29, 1.82) is 5.26 Å². The van der Waals surface area contributed by atoms with E-state index in [0.717, 1.165) is 6.07 Å². The van der Waals surface area contributed by atoms with E-state index in [1.165, 1.54) is 12.1 Å². The Morgan fingerprint density at radius 3 is 2.68 bits per heavy atom. The first-order chi connectivity index (χ1) is 9.11. The number of benzene rings is 2. The molecule has 0 fully saturated rings. The average molecular weight is 255 g/mol. The van der Waals surface area contributed by atoms with Gasteiger partial charge in [0.15, 0.2) is 0 Å². The van der Waals surface area contributed by atoms with Crippen molar-refractivity contribution < 1.29 is 9.18 Å². The Balaban J connectivity index is 2.29. The van der Waals surface area contributed by atoms with E-state index in [1.807, 2.05) is 6.07 Å². The number of carbonyl (C=O) groups excluding carboxylic acids is 1. The minimum Gasteiger partial charge on any atom is -0.399 e. The van der Waals surface area contributed by atoms with E-state index in [2.05, 4.69) is 5.32 Å². The molecule has 1 amide bonds. The quantitative estimate of drug-likeness (QED) is 0.809. The summed E-state index contributed by atoms with van der Waals surface area (Å²) in [6, 6.07) is 12.3. The predicted molar refractivity (Wildman–Crippen MR) is 69.9 cm³/mol. The fourth-order valence-corrected chi connectivity index (χ4v) is 1.59. The van der Waals surface area contributed by atoms with E-state index in [0.29, 0.717) is 11.3 Å². The average Bonchev–Trinajstić information content (AvgIpc) is 2.39. The van der Waals surface area contributed by atoms with Crippen molar-refractivity contribution in [2.75, 3.05) is 11.1 Å². The van der Waals surface area contributed by atoms with Gasteiger partial charge in [0.2, 0.25) is 0 Å². The highest BCUT2D eigenvalue weighted by molar-refractivity contribution is 6.05. The summed E-state index contributed by atoms with van der Waals surface area (Å²) in [5.41, 5.74) is 6.18. The molecule has 0 radical (unpaired) electrons. The highest BCUT2D eigenvalue weighted by atomic mass is 19.1. The van der Waals surface area contributed by atoms with Crippen molar-refractivity contribution in [3.63, 3.8) is 0 Å². The van der Waals surface area contributed by atoms with E-state index in [-0.39, 0.29) is 11.3 Å². The Kier molecular flexibility index (Phi) is 3.44. The summed E-state index contributed by atoms with van der Waals surface area (Å²) < 4.78 is 13.6. The Bertz CT molecular complexity index is 677. The maximum absolute atomic E-state index is 13.6. The number of para-hydroxylation sites is 1. The summed E-state index contributed by atoms with van der Waals surface area (Å²) >= 11 is 0. The van der Waals surface area contributed by atoms with E-state index in [4.69, 9.17) is 11.0 Å². The highest BCUT2D eigenvalue weighted by Gasteiger charge is 2.13. The van der Waals surface area contributed by atoms with Gasteiger partial charge in [-0.3, -0.25) is 4.79 Å². The Morgan fingerprint density at radius 2 is 2.00 bits per heavy atom. The van der Waals surface area contributed by atoms with E-state index in [1.54, 1.807) is 24.3 Å². The monoisotopic (exact) mass is 255 g/mol. The number of hydrogen-bond acceptors (Lipinski definition) is 3. The maximum atomic E-state index is 13.6. The number of nitrogens with zero attached hydrogens (tertiary/aromatic N) is 1. The Morgan fingerprint density at radius 1 is 1.26 bits per heavy atom. The summed E-state index contributed by atoms with van der Waals surface area (Å²) in [5, 5.41) is 11.4. The first-order valence-electron chi connectivity index (χ1n) is 5.47. The lowest BCUT2D eigenvalue weighted by molar-refractivity contribution is 0.102. The number of carbonyl (C=O) groups is 1. The van der Waals surface area contributed by atoms with Crippen LogP contribution in [0.15, 0.2) is 42.5 Å². The Hall–Kier alpha value is -2.87. The van der Waals surface area contributed by atoms with Gasteiger partial charge >= 0.3 is 0 Å².